The van der Waals surface area contributed by atoms with E-state index in [1.165, 1.54) is 10.8 Å². The molecule has 0 aliphatic heterocycles. The summed E-state index contributed by atoms with van der Waals surface area (Å²) in [4.78, 5) is 21.9. The Kier molecular flexibility index (Phi) is 6.39. The summed E-state index contributed by atoms with van der Waals surface area (Å²) in [6.45, 7) is 0.565. The molecular weight excluding hydrogens is 470 g/mol. The molecule has 6 nitrogen and oxygen atoms in total. The number of hydrogen-bond donors (Lipinski definition) is 2. The molecule has 1 fully saturated rings. The van der Waals surface area contributed by atoms with Crippen molar-refractivity contribution in [1.82, 2.24) is 9.97 Å². The van der Waals surface area contributed by atoms with Crippen LogP contribution in [0, 0.1) is 0 Å². The Morgan fingerprint density at radius 3 is 2.76 bits per heavy atom. The zero-order valence-electron chi connectivity index (χ0n) is 18.7. The van der Waals surface area contributed by atoms with Gasteiger partial charge in [-0.05, 0) is 49.4 Å². The molecule has 0 bridgehead atoms. The van der Waals surface area contributed by atoms with Gasteiger partial charge >= 0.3 is 5.97 Å². The Morgan fingerprint density at radius 1 is 1.24 bits per heavy atom. The highest BCUT2D eigenvalue weighted by Gasteiger charge is 2.24. The third-order valence-electron chi connectivity index (χ3n) is 6.25. The lowest BCUT2D eigenvalue weighted by Crippen LogP contribution is -2.12. The van der Waals surface area contributed by atoms with Crippen molar-refractivity contribution in [2.75, 3.05) is 12.4 Å². The van der Waals surface area contributed by atoms with E-state index in [1.54, 1.807) is 18.4 Å². The smallest absolute Gasteiger partial charge is 0.328 e. The second kappa shape index (κ2) is 9.60. The SMILES string of the molecule is COc1ccc(CNc2nc(C3CCC(=CC(=O)O)CC3)nc3sc4ccccc4c23)cc1Cl. The first kappa shape index (κ1) is 22.6. The summed E-state index contributed by atoms with van der Waals surface area (Å²) >= 11 is 7.99. The van der Waals surface area contributed by atoms with Crippen LogP contribution in [-0.4, -0.2) is 28.2 Å². The van der Waals surface area contributed by atoms with Gasteiger partial charge < -0.3 is 15.2 Å². The summed E-state index contributed by atoms with van der Waals surface area (Å²) in [5, 5.41) is 15.3. The predicted octanol–water partition coefficient (Wildman–Crippen LogP) is 6.79. The van der Waals surface area contributed by atoms with Crippen molar-refractivity contribution in [3.63, 3.8) is 0 Å². The second-order valence-electron chi connectivity index (χ2n) is 8.45. The molecule has 0 radical (unpaired) electrons. The van der Waals surface area contributed by atoms with Gasteiger partial charge in [0.2, 0.25) is 0 Å². The number of methoxy groups -OCH3 is 1. The van der Waals surface area contributed by atoms with Gasteiger partial charge in [0.15, 0.2) is 0 Å². The first-order chi connectivity index (χ1) is 16.5. The van der Waals surface area contributed by atoms with Crippen molar-refractivity contribution in [2.45, 2.75) is 38.1 Å². The molecule has 0 unspecified atom stereocenters. The maximum absolute atomic E-state index is 11.0. The van der Waals surface area contributed by atoms with Gasteiger partial charge in [0.05, 0.1) is 17.5 Å². The van der Waals surface area contributed by atoms with E-state index in [2.05, 4.69) is 17.4 Å². The van der Waals surface area contributed by atoms with Crippen molar-refractivity contribution in [3.05, 3.63) is 70.5 Å². The standard InChI is InChI=1S/C26H24ClN3O3S/c1-33-20-11-8-16(12-19(20)27)14-28-25-23-18-4-2-3-5-21(18)34-26(23)30-24(29-25)17-9-6-15(7-10-17)13-22(31)32/h2-5,8,11-13,17H,6-7,9-10,14H2,1H3,(H,31,32)(H,28,29,30). The van der Waals surface area contributed by atoms with Crippen LogP contribution in [0.3, 0.4) is 0 Å². The third-order valence-corrected chi connectivity index (χ3v) is 7.61. The van der Waals surface area contributed by atoms with Crippen molar-refractivity contribution >= 4 is 55.0 Å². The lowest BCUT2D eigenvalue weighted by Gasteiger charge is -2.23. The minimum Gasteiger partial charge on any atom is -0.495 e. The van der Waals surface area contributed by atoms with Gasteiger partial charge in [-0.25, -0.2) is 14.8 Å². The first-order valence-corrected chi connectivity index (χ1v) is 12.4. The highest BCUT2D eigenvalue weighted by Crippen LogP contribution is 2.40. The van der Waals surface area contributed by atoms with Gasteiger partial charge in [-0.2, -0.15) is 0 Å². The number of rotatable bonds is 6. The molecule has 34 heavy (non-hydrogen) atoms. The van der Waals surface area contributed by atoms with Gasteiger partial charge in [0.25, 0.3) is 0 Å². The maximum Gasteiger partial charge on any atom is 0.328 e. The summed E-state index contributed by atoms with van der Waals surface area (Å²) in [5.74, 6) is 1.62. The summed E-state index contributed by atoms with van der Waals surface area (Å²) in [6, 6.07) is 14.0. The van der Waals surface area contributed by atoms with E-state index in [0.717, 1.165) is 64.1 Å². The lowest BCUT2D eigenvalue weighted by atomic mass is 9.85. The van der Waals surface area contributed by atoms with Crippen LogP contribution < -0.4 is 10.1 Å². The monoisotopic (exact) mass is 493 g/mol. The molecule has 2 aromatic heterocycles. The first-order valence-electron chi connectivity index (χ1n) is 11.2. The number of hydrogen-bond acceptors (Lipinski definition) is 6. The quantitative estimate of drug-likeness (QED) is 0.288. The van der Waals surface area contributed by atoms with Gasteiger partial charge in [-0.15, -0.1) is 11.3 Å². The average Bonchev–Trinajstić information content (AvgIpc) is 3.21. The molecule has 0 saturated heterocycles. The topological polar surface area (TPSA) is 84.3 Å². The fourth-order valence-corrected chi connectivity index (χ4v) is 5.88. The van der Waals surface area contributed by atoms with E-state index in [1.807, 2.05) is 30.3 Å². The van der Waals surface area contributed by atoms with Crippen molar-refractivity contribution in [1.29, 1.82) is 0 Å². The van der Waals surface area contributed by atoms with Gasteiger partial charge in [-0.1, -0.05) is 41.4 Å². The normalized spacial score (nSPS) is 16.1. The summed E-state index contributed by atoms with van der Waals surface area (Å²) in [7, 11) is 1.60. The van der Waals surface area contributed by atoms with Crippen LogP contribution in [0.1, 0.15) is 43.0 Å². The molecule has 0 spiro atoms. The van der Waals surface area contributed by atoms with E-state index in [4.69, 9.17) is 31.4 Å². The number of benzene rings is 2. The largest absolute Gasteiger partial charge is 0.495 e. The zero-order valence-corrected chi connectivity index (χ0v) is 20.2. The Balaban J connectivity index is 1.49. The molecule has 0 atom stereocenters. The number of halogens is 1. The number of allylic oxidation sites excluding steroid dienone is 1. The van der Waals surface area contributed by atoms with Gasteiger partial charge in [0, 0.05) is 28.6 Å². The Labute approximate surface area is 206 Å². The Morgan fingerprint density at radius 2 is 2.03 bits per heavy atom. The number of aromatic nitrogens is 2. The van der Waals surface area contributed by atoms with Gasteiger partial charge in [-0.3, -0.25) is 0 Å². The molecule has 174 valence electrons. The zero-order chi connectivity index (χ0) is 23.7. The molecule has 0 amide bonds. The number of nitrogens with one attached hydrogen (secondary N) is 1. The number of fused-ring (bicyclic) bond motifs is 3. The highest BCUT2D eigenvalue weighted by molar-refractivity contribution is 7.25. The summed E-state index contributed by atoms with van der Waals surface area (Å²) in [5.41, 5.74) is 2.01. The molecule has 2 N–H and O–H groups in total. The molecule has 4 aromatic rings. The maximum atomic E-state index is 11.0. The molecule has 1 aliphatic rings. The van der Waals surface area contributed by atoms with E-state index < -0.39 is 5.97 Å². The van der Waals surface area contributed by atoms with Crippen LogP contribution in [-0.2, 0) is 11.3 Å². The minimum absolute atomic E-state index is 0.205. The number of carboxylic acid groups (broad SMARTS) is 1. The molecule has 5 rings (SSSR count). The lowest BCUT2D eigenvalue weighted by molar-refractivity contribution is -0.131. The molecule has 1 saturated carbocycles. The van der Waals surface area contributed by atoms with E-state index >= 15 is 0 Å². The van der Waals surface area contributed by atoms with Crippen molar-refractivity contribution in [2.24, 2.45) is 0 Å². The molecule has 2 aromatic carbocycles. The highest BCUT2D eigenvalue weighted by atomic mass is 35.5. The number of carboxylic acids is 1. The molecule has 1 aliphatic carbocycles. The molecule has 2 heterocycles. The van der Waals surface area contributed by atoms with E-state index in [9.17, 15) is 4.79 Å². The van der Waals surface area contributed by atoms with Gasteiger partial charge in [0.1, 0.15) is 22.2 Å². The van der Waals surface area contributed by atoms with Crippen LogP contribution in [0.15, 0.2) is 54.1 Å². The van der Waals surface area contributed by atoms with Crippen LogP contribution in [0.4, 0.5) is 5.82 Å². The fourth-order valence-electron chi connectivity index (χ4n) is 4.52. The number of thiophene rings is 1. The summed E-state index contributed by atoms with van der Waals surface area (Å²) in [6.07, 6.45) is 4.57. The second-order valence-corrected chi connectivity index (χ2v) is 9.88. The minimum atomic E-state index is -0.874. The number of aliphatic carboxylic acids is 1. The number of ether oxygens (including phenoxy) is 1. The number of carbonyl (C=O) groups is 1. The average molecular weight is 494 g/mol. The Bertz CT molecular complexity index is 1410. The Hall–Kier alpha value is -3.16. The van der Waals surface area contributed by atoms with Crippen LogP contribution in [0.5, 0.6) is 5.75 Å². The van der Waals surface area contributed by atoms with E-state index in [-0.39, 0.29) is 5.92 Å². The fraction of sp³-hybridized carbons (Fsp3) is 0.269. The predicted molar refractivity (Wildman–Crippen MR) is 137 cm³/mol. The van der Waals surface area contributed by atoms with E-state index in [0.29, 0.717) is 17.3 Å². The van der Waals surface area contributed by atoms with Crippen molar-refractivity contribution in [3.8, 4) is 5.75 Å². The van der Waals surface area contributed by atoms with Crippen LogP contribution in [0.25, 0.3) is 20.3 Å². The van der Waals surface area contributed by atoms with Crippen LogP contribution in [0.2, 0.25) is 5.02 Å². The molecular formula is C26H24ClN3O3S. The summed E-state index contributed by atoms with van der Waals surface area (Å²) < 4.78 is 6.44. The molecule has 8 heteroatoms. The van der Waals surface area contributed by atoms with Crippen molar-refractivity contribution < 1.29 is 14.6 Å². The third kappa shape index (κ3) is 4.58. The number of anilines is 1. The number of nitrogens with zero attached hydrogens (tertiary/aromatic N) is 2. The van der Waals surface area contributed by atoms with Crippen LogP contribution >= 0.6 is 22.9 Å².